The molecule has 1 unspecified atom stereocenters. The SMILES string of the molecule is Cc1nn(C)c2nc(C3(C)CCCN(C(=O)C(C)(C)C)C3)ccc12. The number of nitrogens with zero attached hydrogens (tertiary/aromatic N) is 4. The first-order valence-corrected chi connectivity index (χ1v) is 8.72. The number of carbonyl (C=O) groups is 1. The van der Waals surface area contributed by atoms with Crippen LogP contribution in [0.3, 0.4) is 0 Å². The van der Waals surface area contributed by atoms with Crippen molar-refractivity contribution in [2.45, 2.75) is 52.9 Å². The molecule has 1 aliphatic heterocycles. The molecule has 24 heavy (non-hydrogen) atoms. The van der Waals surface area contributed by atoms with E-state index in [1.54, 1.807) is 0 Å². The number of hydrogen-bond acceptors (Lipinski definition) is 3. The molecule has 1 saturated heterocycles. The minimum atomic E-state index is -0.339. The second kappa shape index (κ2) is 5.57. The third kappa shape index (κ3) is 2.80. The van der Waals surface area contributed by atoms with Gasteiger partial charge >= 0.3 is 0 Å². The second-order valence-corrected chi connectivity index (χ2v) is 8.42. The molecule has 5 nitrogen and oxygen atoms in total. The molecule has 3 rings (SSSR count). The van der Waals surface area contributed by atoms with Crippen molar-refractivity contribution in [3.63, 3.8) is 0 Å². The molecule has 0 radical (unpaired) electrons. The number of fused-ring (bicyclic) bond motifs is 1. The summed E-state index contributed by atoms with van der Waals surface area (Å²) in [4.78, 5) is 19.6. The molecule has 1 fully saturated rings. The fourth-order valence-corrected chi connectivity index (χ4v) is 3.74. The molecule has 1 amide bonds. The zero-order valence-electron chi connectivity index (χ0n) is 15.7. The van der Waals surface area contributed by atoms with Gasteiger partial charge in [0, 0.05) is 36.4 Å². The summed E-state index contributed by atoms with van der Waals surface area (Å²) >= 11 is 0. The van der Waals surface area contributed by atoms with Gasteiger partial charge in [-0.15, -0.1) is 0 Å². The van der Waals surface area contributed by atoms with Crippen LogP contribution in [0.4, 0.5) is 0 Å². The third-order valence-corrected chi connectivity index (χ3v) is 5.12. The standard InChI is InChI=1S/C19H28N4O/c1-13-14-8-9-15(20-16(14)22(6)21-13)19(5)10-7-11-23(12-19)17(24)18(2,3)4/h8-9H,7,10-12H2,1-6H3. The molecule has 3 heterocycles. The van der Waals surface area contributed by atoms with E-state index in [1.165, 1.54) is 0 Å². The van der Waals surface area contributed by atoms with Crippen LogP contribution in [0, 0.1) is 12.3 Å². The van der Waals surface area contributed by atoms with Crippen molar-refractivity contribution in [3.05, 3.63) is 23.5 Å². The van der Waals surface area contributed by atoms with Crippen LogP contribution in [0.15, 0.2) is 12.1 Å². The van der Waals surface area contributed by atoms with Crippen LogP contribution in [-0.4, -0.2) is 38.7 Å². The molecular formula is C19H28N4O. The molecule has 0 aliphatic carbocycles. The molecule has 1 aliphatic rings. The molecule has 0 saturated carbocycles. The van der Waals surface area contributed by atoms with Crippen LogP contribution in [0.25, 0.3) is 11.0 Å². The predicted molar refractivity (Wildman–Crippen MR) is 95.9 cm³/mol. The van der Waals surface area contributed by atoms with Gasteiger partial charge in [-0.1, -0.05) is 27.7 Å². The Bertz CT molecular complexity index is 786. The lowest BCUT2D eigenvalue weighted by molar-refractivity contribution is -0.141. The summed E-state index contributed by atoms with van der Waals surface area (Å²) in [5.74, 6) is 0.228. The summed E-state index contributed by atoms with van der Waals surface area (Å²) in [5.41, 5.74) is 2.54. The zero-order valence-corrected chi connectivity index (χ0v) is 15.7. The molecule has 130 valence electrons. The lowest BCUT2D eigenvalue weighted by Gasteiger charge is -2.42. The number of likely N-dealkylation sites (tertiary alicyclic amines) is 1. The van der Waals surface area contributed by atoms with E-state index < -0.39 is 0 Å². The van der Waals surface area contributed by atoms with E-state index in [0.717, 1.165) is 48.4 Å². The van der Waals surface area contributed by atoms with Gasteiger partial charge in [0.25, 0.3) is 0 Å². The van der Waals surface area contributed by atoms with Gasteiger partial charge in [0.1, 0.15) is 0 Å². The van der Waals surface area contributed by atoms with Crippen molar-refractivity contribution in [1.82, 2.24) is 19.7 Å². The maximum Gasteiger partial charge on any atom is 0.227 e. The van der Waals surface area contributed by atoms with Crippen molar-refractivity contribution in [2.75, 3.05) is 13.1 Å². The highest BCUT2D eigenvalue weighted by atomic mass is 16.2. The van der Waals surface area contributed by atoms with Crippen molar-refractivity contribution in [1.29, 1.82) is 0 Å². The highest BCUT2D eigenvalue weighted by molar-refractivity contribution is 5.82. The average molecular weight is 328 g/mol. The maximum atomic E-state index is 12.7. The molecular weight excluding hydrogens is 300 g/mol. The van der Waals surface area contributed by atoms with Gasteiger partial charge in [0.15, 0.2) is 5.65 Å². The van der Waals surface area contributed by atoms with E-state index in [1.807, 2.05) is 44.3 Å². The van der Waals surface area contributed by atoms with Crippen LogP contribution >= 0.6 is 0 Å². The van der Waals surface area contributed by atoms with Gasteiger partial charge in [-0.25, -0.2) is 4.98 Å². The zero-order chi connectivity index (χ0) is 17.7. The number of piperidine rings is 1. The summed E-state index contributed by atoms with van der Waals surface area (Å²) in [6.07, 6.45) is 2.07. The summed E-state index contributed by atoms with van der Waals surface area (Å²) in [6, 6.07) is 4.23. The molecule has 2 aromatic rings. The maximum absolute atomic E-state index is 12.7. The number of hydrogen-bond donors (Lipinski definition) is 0. The third-order valence-electron chi connectivity index (χ3n) is 5.12. The van der Waals surface area contributed by atoms with E-state index in [2.05, 4.69) is 24.2 Å². The molecule has 5 heteroatoms. The highest BCUT2D eigenvalue weighted by Gasteiger charge is 2.38. The van der Waals surface area contributed by atoms with Crippen LogP contribution in [-0.2, 0) is 17.3 Å². The van der Waals surface area contributed by atoms with E-state index >= 15 is 0 Å². The number of pyridine rings is 1. The molecule has 0 N–H and O–H groups in total. The summed E-state index contributed by atoms with van der Waals surface area (Å²) in [7, 11) is 1.94. The van der Waals surface area contributed by atoms with Gasteiger partial charge in [0.05, 0.1) is 11.4 Å². The van der Waals surface area contributed by atoms with Crippen molar-refractivity contribution in [3.8, 4) is 0 Å². The minimum Gasteiger partial charge on any atom is -0.341 e. The average Bonchev–Trinajstić information content (AvgIpc) is 2.80. The largest absolute Gasteiger partial charge is 0.341 e. The van der Waals surface area contributed by atoms with Crippen molar-refractivity contribution in [2.24, 2.45) is 12.5 Å². The molecule has 2 aromatic heterocycles. The Morgan fingerprint density at radius 1 is 1.29 bits per heavy atom. The second-order valence-electron chi connectivity index (χ2n) is 8.42. The Hall–Kier alpha value is -1.91. The Morgan fingerprint density at radius 2 is 2.00 bits per heavy atom. The van der Waals surface area contributed by atoms with Gasteiger partial charge in [-0.05, 0) is 31.9 Å². The topological polar surface area (TPSA) is 51.0 Å². The number of rotatable bonds is 1. The fraction of sp³-hybridized carbons (Fsp3) is 0.632. The van der Waals surface area contributed by atoms with E-state index in [4.69, 9.17) is 4.98 Å². The summed E-state index contributed by atoms with van der Waals surface area (Å²) in [6.45, 7) is 11.8. The Labute approximate surface area is 144 Å². The molecule has 1 atom stereocenters. The molecule has 0 aromatic carbocycles. The fourth-order valence-electron chi connectivity index (χ4n) is 3.74. The van der Waals surface area contributed by atoms with Gasteiger partial charge in [-0.3, -0.25) is 9.48 Å². The Morgan fingerprint density at radius 3 is 2.67 bits per heavy atom. The lowest BCUT2D eigenvalue weighted by Crippen LogP contribution is -2.50. The van der Waals surface area contributed by atoms with E-state index in [0.29, 0.717) is 0 Å². The predicted octanol–water partition coefficient (Wildman–Crippen LogP) is 3.20. The summed E-state index contributed by atoms with van der Waals surface area (Å²) in [5, 5.41) is 5.56. The lowest BCUT2D eigenvalue weighted by atomic mass is 9.77. The Kier molecular flexibility index (Phi) is 3.93. The number of amides is 1. The minimum absolute atomic E-state index is 0.106. The van der Waals surface area contributed by atoms with Gasteiger partial charge in [0.2, 0.25) is 5.91 Å². The first-order chi connectivity index (χ1) is 11.1. The van der Waals surface area contributed by atoms with Crippen LogP contribution in [0.1, 0.15) is 51.9 Å². The smallest absolute Gasteiger partial charge is 0.227 e. The summed E-state index contributed by atoms with van der Waals surface area (Å²) < 4.78 is 1.85. The van der Waals surface area contributed by atoms with E-state index in [-0.39, 0.29) is 16.7 Å². The number of aromatic nitrogens is 3. The van der Waals surface area contributed by atoms with E-state index in [9.17, 15) is 4.79 Å². The first kappa shape index (κ1) is 16.9. The van der Waals surface area contributed by atoms with Crippen LogP contribution in [0.5, 0.6) is 0 Å². The molecule has 0 bridgehead atoms. The number of aryl methyl sites for hydroxylation is 2. The normalized spacial score (nSPS) is 22.2. The monoisotopic (exact) mass is 328 g/mol. The quantitative estimate of drug-likeness (QED) is 0.808. The van der Waals surface area contributed by atoms with Crippen molar-refractivity contribution >= 4 is 16.9 Å². The first-order valence-electron chi connectivity index (χ1n) is 8.72. The van der Waals surface area contributed by atoms with Gasteiger partial charge in [-0.2, -0.15) is 5.10 Å². The van der Waals surface area contributed by atoms with Crippen LogP contribution in [0.2, 0.25) is 0 Å². The van der Waals surface area contributed by atoms with Gasteiger partial charge < -0.3 is 4.90 Å². The van der Waals surface area contributed by atoms with Crippen molar-refractivity contribution < 1.29 is 4.79 Å². The molecule has 0 spiro atoms. The number of carbonyl (C=O) groups excluding carboxylic acids is 1. The van der Waals surface area contributed by atoms with Crippen LogP contribution < -0.4 is 0 Å². The Balaban J connectivity index is 1.95. The highest BCUT2D eigenvalue weighted by Crippen LogP contribution is 2.35.